The number of nitro benzene ring substituents is 1. The summed E-state index contributed by atoms with van der Waals surface area (Å²) in [5, 5.41) is 13.1. The zero-order valence-electron chi connectivity index (χ0n) is 18.0. The summed E-state index contributed by atoms with van der Waals surface area (Å²) in [7, 11) is 0. The third kappa shape index (κ3) is 5.53. The number of carbonyl (C=O) groups is 3. The molecule has 1 fully saturated rings. The Morgan fingerprint density at radius 1 is 1.03 bits per heavy atom. The van der Waals surface area contributed by atoms with Crippen LogP contribution in [0.4, 0.5) is 20.6 Å². The van der Waals surface area contributed by atoms with Crippen LogP contribution in [0.5, 0.6) is 5.75 Å². The highest BCUT2D eigenvalue weighted by Gasteiger charge is 2.36. The third-order valence-electron chi connectivity index (χ3n) is 5.02. The van der Waals surface area contributed by atoms with Crippen LogP contribution in [-0.2, 0) is 16.2 Å². The number of rotatable bonds is 6. The molecular weight excluding hydrogens is 699 g/mol. The highest BCUT2D eigenvalue weighted by molar-refractivity contribution is 14.1. The van der Waals surface area contributed by atoms with Crippen molar-refractivity contribution in [1.82, 2.24) is 5.32 Å². The molecule has 3 aromatic rings. The van der Waals surface area contributed by atoms with Crippen LogP contribution >= 0.6 is 45.2 Å². The van der Waals surface area contributed by atoms with Crippen molar-refractivity contribution in [1.29, 1.82) is 0 Å². The number of hydrogen-bond donors (Lipinski definition) is 1. The maximum absolute atomic E-state index is 13.3. The summed E-state index contributed by atoms with van der Waals surface area (Å²) in [4.78, 5) is 49.0. The Labute approximate surface area is 230 Å². The Balaban J connectivity index is 1.59. The van der Waals surface area contributed by atoms with Gasteiger partial charge in [0.15, 0.2) is 0 Å². The second-order valence-electron chi connectivity index (χ2n) is 7.46. The summed E-state index contributed by atoms with van der Waals surface area (Å²) < 4.78 is 20.5. The van der Waals surface area contributed by atoms with Gasteiger partial charge in [-0.3, -0.25) is 25.0 Å². The molecule has 1 saturated heterocycles. The highest BCUT2D eigenvalue weighted by atomic mass is 127. The van der Waals surface area contributed by atoms with Crippen molar-refractivity contribution in [3.63, 3.8) is 0 Å². The molecule has 3 aromatic carbocycles. The molecular formula is C24H14FI2N3O6. The Morgan fingerprint density at radius 2 is 1.69 bits per heavy atom. The normalized spacial score (nSPS) is 14.7. The predicted octanol–water partition coefficient (Wildman–Crippen LogP) is 5.19. The maximum atomic E-state index is 13.3. The second kappa shape index (κ2) is 10.7. The average Bonchev–Trinajstić information content (AvgIpc) is 2.82. The summed E-state index contributed by atoms with van der Waals surface area (Å²) >= 11 is 4.09. The van der Waals surface area contributed by atoms with Crippen molar-refractivity contribution < 1.29 is 28.4 Å². The zero-order valence-corrected chi connectivity index (χ0v) is 22.4. The molecule has 0 aliphatic carbocycles. The lowest BCUT2D eigenvalue weighted by Gasteiger charge is -2.26. The van der Waals surface area contributed by atoms with Crippen LogP contribution in [0.25, 0.3) is 6.08 Å². The fourth-order valence-corrected chi connectivity index (χ4v) is 5.49. The van der Waals surface area contributed by atoms with E-state index in [0.29, 0.717) is 24.0 Å². The van der Waals surface area contributed by atoms with Crippen molar-refractivity contribution in [3.8, 4) is 5.75 Å². The van der Waals surface area contributed by atoms with E-state index < -0.39 is 28.6 Å². The fourth-order valence-electron chi connectivity index (χ4n) is 3.36. The molecule has 36 heavy (non-hydrogen) atoms. The molecule has 1 N–H and O–H groups in total. The van der Waals surface area contributed by atoms with Gasteiger partial charge in [0, 0.05) is 12.1 Å². The van der Waals surface area contributed by atoms with E-state index in [1.54, 1.807) is 24.3 Å². The van der Waals surface area contributed by atoms with E-state index in [1.165, 1.54) is 30.3 Å². The SMILES string of the molecule is O=C1NC(=O)N(c2ccc(F)cc2)C(=O)/C1=C/c1cc(I)c(OCc2cccc([N+](=O)[O-])c2)c(I)c1. The minimum atomic E-state index is -0.928. The van der Waals surface area contributed by atoms with Crippen molar-refractivity contribution in [2.75, 3.05) is 4.90 Å². The molecule has 0 aromatic heterocycles. The first-order valence-electron chi connectivity index (χ1n) is 10.2. The van der Waals surface area contributed by atoms with Gasteiger partial charge in [-0.1, -0.05) is 12.1 Å². The van der Waals surface area contributed by atoms with E-state index in [9.17, 15) is 28.9 Å². The molecule has 0 bridgehead atoms. The van der Waals surface area contributed by atoms with Gasteiger partial charge in [0.05, 0.1) is 17.8 Å². The van der Waals surface area contributed by atoms with Gasteiger partial charge < -0.3 is 4.74 Å². The number of imide groups is 2. The average molecular weight is 713 g/mol. The molecule has 0 spiro atoms. The fraction of sp³-hybridized carbons (Fsp3) is 0.0417. The number of barbiturate groups is 1. The van der Waals surface area contributed by atoms with E-state index in [4.69, 9.17) is 4.74 Å². The number of halogens is 3. The topological polar surface area (TPSA) is 119 Å². The Bertz CT molecular complexity index is 1420. The van der Waals surface area contributed by atoms with Gasteiger partial charge >= 0.3 is 6.03 Å². The van der Waals surface area contributed by atoms with Crippen molar-refractivity contribution in [2.24, 2.45) is 0 Å². The van der Waals surface area contributed by atoms with Crippen LogP contribution in [0.3, 0.4) is 0 Å². The van der Waals surface area contributed by atoms with Crippen molar-refractivity contribution in [3.05, 3.63) is 100 Å². The number of amides is 4. The Hall–Kier alpha value is -3.40. The predicted molar refractivity (Wildman–Crippen MR) is 145 cm³/mol. The quantitative estimate of drug-likeness (QED) is 0.124. The number of anilines is 1. The minimum Gasteiger partial charge on any atom is -0.487 e. The largest absolute Gasteiger partial charge is 0.487 e. The maximum Gasteiger partial charge on any atom is 0.335 e. The molecule has 0 radical (unpaired) electrons. The number of nitrogens with zero attached hydrogens (tertiary/aromatic N) is 2. The van der Waals surface area contributed by atoms with Crippen LogP contribution in [0.15, 0.2) is 66.2 Å². The monoisotopic (exact) mass is 713 g/mol. The van der Waals surface area contributed by atoms with Gasteiger partial charge in [-0.25, -0.2) is 14.1 Å². The number of hydrogen-bond acceptors (Lipinski definition) is 6. The first-order valence-corrected chi connectivity index (χ1v) is 12.3. The number of urea groups is 1. The molecule has 12 heteroatoms. The highest BCUT2D eigenvalue weighted by Crippen LogP contribution is 2.31. The number of nitro groups is 1. The zero-order chi connectivity index (χ0) is 26.0. The summed E-state index contributed by atoms with van der Waals surface area (Å²) in [6, 6.07) is 13.3. The molecule has 4 rings (SSSR count). The summed E-state index contributed by atoms with van der Waals surface area (Å²) in [6.45, 7) is 0.101. The van der Waals surface area contributed by atoms with Gasteiger partial charge in [0.1, 0.15) is 23.7 Å². The number of nitrogens with one attached hydrogen (secondary N) is 1. The van der Waals surface area contributed by atoms with Gasteiger partial charge in [-0.15, -0.1) is 0 Å². The van der Waals surface area contributed by atoms with Gasteiger partial charge in [-0.05, 0) is 98.8 Å². The van der Waals surface area contributed by atoms with Gasteiger partial charge in [-0.2, -0.15) is 0 Å². The number of benzene rings is 3. The smallest absolute Gasteiger partial charge is 0.335 e. The third-order valence-corrected chi connectivity index (χ3v) is 6.63. The first kappa shape index (κ1) is 25.7. The molecule has 1 aliphatic rings. The lowest BCUT2D eigenvalue weighted by atomic mass is 10.1. The standard InChI is InChI=1S/C24H14FI2N3O6/c25-15-4-6-16(7-5-15)29-23(32)18(22(31)28-24(29)33)9-14-10-19(26)21(20(27)11-14)36-12-13-2-1-3-17(8-13)30(34)35/h1-11H,12H2,(H,28,31,33)/b18-9+. The Morgan fingerprint density at radius 3 is 2.33 bits per heavy atom. The summed E-state index contributed by atoms with van der Waals surface area (Å²) in [5.74, 6) is -1.69. The molecule has 0 saturated carbocycles. The minimum absolute atomic E-state index is 0.0361. The first-order chi connectivity index (χ1) is 17.1. The lowest BCUT2D eigenvalue weighted by Crippen LogP contribution is -2.54. The molecule has 1 aliphatic heterocycles. The van der Waals surface area contributed by atoms with Crippen LogP contribution in [0.1, 0.15) is 11.1 Å². The van der Waals surface area contributed by atoms with Crippen LogP contribution < -0.4 is 15.0 Å². The molecule has 0 unspecified atom stereocenters. The summed E-state index contributed by atoms with van der Waals surface area (Å²) in [5.41, 5.74) is 0.948. The number of ether oxygens (including phenoxy) is 1. The van der Waals surface area contributed by atoms with Gasteiger partial charge in [0.25, 0.3) is 17.5 Å². The molecule has 182 valence electrons. The van der Waals surface area contributed by atoms with E-state index >= 15 is 0 Å². The van der Waals surface area contributed by atoms with E-state index in [-0.39, 0.29) is 23.6 Å². The van der Waals surface area contributed by atoms with Crippen molar-refractivity contribution >= 4 is 80.5 Å². The molecule has 0 atom stereocenters. The Kier molecular flexibility index (Phi) is 7.63. The van der Waals surface area contributed by atoms with Crippen LogP contribution in [0, 0.1) is 23.1 Å². The van der Waals surface area contributed by atoms with E-state index in [0.717, 1.165) is 17.0 Å². The molecule has 4 amide bonds. The molecule has 1 heterocycles. The van der Waals surface area contributed by atoms with Crippen LogP contribution in [0.2, 0.25) is 0 Å². The molecule has 9 nitrogen and oxygen atoms in total. The number of non-ortho nitro benzene ring substituents is 1. The van der Waals surface area contributed by atoms with E-state index in [1.807, 2.05) is 45.2 Å². The van der Waals surface area contributed by atoms with E-state index in [2.05, 4.69) is 5.32 Å². The summed E-state index contributed by atoms with van der Waals surface area (Å²) in [6.07, 6.45) is 1.36. The van der Waals surface area contributed by atoms with Gasteiger partial charge in [0.2, 0.25) is 0 Å². The lowest BCUT2D eigenvalue weighted by molar-refractivity contribution is -0.384. The van der Waals surface area contributed by atoms with Crippen LogP contribution in [-0.4, -0.2) is 22.8 Å². The number of carbonyl (C=O) groups excluding carboxylic acids is 3. The second-order valence-corrected chi connectivity index (χ2v) is 9.79. The van der Waals surface area contributed by atoms with Crippen molar-refractivity contribution in [2.45, 2.75) is 6.61 Å².